The topological polar surface area (TPSA) is 92.6 Å². The van der Waals surface area contributed by atoms with Crippen LogP contribution in [0.15, 0.2) is 66.3 Å². The van der Waals surface area contributed by atoms with Gasteiger partial charge >= 0.3 is 0 Å². The molecular formula is C26H22FN3O5. The Kier molecular flexibility index (Phi) is 5.84. The highest BCUT2D eigenvalue weighted by Gasteiger charge is 2.36. The summed E-state index contributed by atoms with van der Waals surface area (Å²) >= 11 is 0. The van der Waals surface area contributed by atoms with Crippen LogP contribution >= 0.6 is 0 Å². The molecule has 2 N–H and O–H groups in total. The SMILES string of the molecule is C=C(Nc1ccc2c(c1)N(Cc1cc(F)cc3c1OCOC3)C(=O)/C2=N\O)c1cccc(OC)c1. The van der Waals surface area contributed by atoms with E-state index >= 15 is 0 Å². The van der Waals surface area contributed by atoms with Crippen LogP contribution in [0.25, 0.3) is 5.70 Å². The first-order valence-corrected chi connectivity index (χ1v) is 10.8. The first-order valence-electron chi connectivity index (χ1n) is 10.8. The first-order chi connectivity index (χ1) is 17.0. The van der Waals surface area contributed by atoms with Gasteiger partial charge in [-0.15, -0.1) is 0 Å². The lowest BCUT2D eigenvalue weighted by Crippen LogP contribution is -2.30. The van der Waals surface area contributed by atoms with Crippen molar-refractivity contribution in [2.45, 2.75) is 13.2 Å². The van der Waals surface area contributed by atoms with Crippen LogP contribution < -0.4 is 19.7 Å². The number of oxime groups is 1. The van der Waals surface area contributed by atoms with Crippen molar-refractivity contribution in [3.05, 3.63) is 89.2 Å². The zero-order chi connectivity index (χ0) is 24.5. The highest BCUT2D eigenvalue weighted by Crippen LogP contribution is 2.37. The van der Waals surface area contributed by atoms with Crippen LogP contribution in [-0.4, -0.2) is 30.7 Å². The summed E-state index contributed by atoms with van der Waals surface area (Å²) in [4.78, 5) is 14.5. The Hall–Kier alpha value is -4.37. The van der Waals surface area contributed by atoms with Crippen LogP contribution in [0.4, 0.5) is 15.8 Å². The van der Waals surface area contributed by atoms with Gasteiger partial charge in [0.15, 0.2) is 12.5 Å². The summed E-state index contributed by atoms with van der Waals surface area (Å²) in [6.07, 6.45) is 0. The van der Waals surface area contributed by atoms with Gasteiger partial charge in [-0.1, -0.05) is 23.9 Å². The van der Waals surface area contributed by atoms with E-state index < -0.39 is 11.7 Å². The van der Waals surface area contributed by atoms with Gasteiger partial charge in [0.2, 0.25) is 0 Å². The third kappa shape index (κ3) is 4.17. The average molecular weight is 475 g/mol. The number of fused-ring (bicyclic) bond motifs is 2. The van der Waals surface area contributed by atoms with Gasteiger partial charge < -0.3 is 29.6 Å². The maximum atomic E-state index is 14.3. The third-order valence-corrected chi connectivity index (χ3v) is 5.88. The molecule has 5 rings (SSSR count). The number of nitrogens with zero attached hydrogens (tertiary/aromatic N) is 2. The van der Waals surface area contributed by atoms with Crippen molar-refractivity contribution in [2.75, 3.05) is 24.1 Å². The van der Waals surface area contributed by atoms with Crippen molar-refractivity contribution in [1.29, 1.82) is 0 Å². The second-order valence-electron chi connectivity index (χ2n) is 8.07. The molecule has 3 aromatic rings. The van der Waals surface area contributed by atoms with Crippen LogP contribution in [-0.2, 0) is 22.7 Å². The molecule has 0 atom stereocenters. The molecule has 0 unspecified atom stereocenters. The fourth-order valence-corrected chi connectivity index (χ4v) is 4.24. The Morgan fingerprint density at radius 2 is 2.11 bits per heavy atom. The number of rotatable bonds is 6. The molecule has 2 aliphatic rings. The lowest BCUT2D eigenvalue weighted by molar-refractivity contribution is -0.112. The zero-order valence-electron chi connectivity index (χ0n) is 18.9. The standard InChI is InChI=1S/C26H22FN3O5/c1-15(16-4-3-5-21(10-16)33-2)28-20-6-7-22-23(11-20)30(26(31)24(22)29-32)12-17-8-19(27)9-18-13-34-14-35-25(17)18/h3-11,28,32H,1,12-14H2,2H3/b29-24-. The quantitative estimate of drug-likeness (QED) is 0.403. The molecule has 0 saturated carbocycles. The number of amides is 1. The number of ether oxygens (including phenoxy) is 3. The predicted molar refractivity (Wildman–Crippen MR) is 128 cm³/mol. The Balaban J connectivity index is 1.48. The first kappa shape index (κ1) is 22.4. The van der Waals surface area contributed by atoms with Crippen molar-refractivity contribution < 1.29 is 28.6 Å². The van der Waals surface area contributed by atoms with Crippen molar-refractivity contribution in [1.82, 2.24) is 0 Å². The van der Waals surface area contributed by atoms with Crippen LogP contribution in [0.1, 0.15) is 22.3 Å². The summed E-state index contributed by atoms with van der Waals surface area (Å²) in [6, 6.07) is 15.3. The number of halogens is 1. The number of hydrogen-bond donors (Lipinski definition) is 2. The Bertz CT molecular complexity index is 1370. The molecule has 1 amide bonds. The molecule has 0 radical (unpaired) electrons. The smallest absolute Gasteiger partial charge is 0.281 e. The molecule has 0 bridgehead atoms. The number of carbonyl (C=O) groups excluding carboxylic acids is 1. The van der Waals surface area contributed by atoms with Gasteiger partial charge in [-0.3, -0.25) is 4.79 Å². The molecule has 3 aromatic carbocycles. The zero-order valence-corrected chi connectivity index (χ0v) is 18.9. The molecule has 2 heterocycles. The molecule has 0 aromatic heterocycles. The second kappa shape index (κ2) is 9.11. The summed E-state index contributed by atoms with van der Waals surface area (Å²) < 4.78 is 30.4. The monoisotopic (exact) mass is 475 g/mol. The molecule has 2 aliphatic heterocycles. The summed E-state index contributed by atoms with van der Waals surface area (Å²) in [6.45, 7) is 4.38. The van der Waals surface area contributed by atoms with Crippen molar-refractivity contribution >= 4 is 28.7 Å². The highest BCUT2D eigenvalue weighted by molar-refractivity contribution is 6.54. The van der Waals surface area contributed by atoms with E-state index in [0.29, 0.717) is 45.3 Å². The Morgan fingerprint density at radius 3 is 2.91 bits per heavy atom. The van der Waals surface area contributed by atoms with E-state index in [1.165, 1.54) is 17.0 Å². The molecule has 0 spiro atoms. The van der Waals surface area contributed by atoms with Gasteiger partial charge in [0, 0.05) is 33.6 Å². The summed E-state index contributed by atoms with van der Waals surface area (Å²) in [5, 5.41) is 16.0. The van der Waals surface area contributed by atoms with Crippen molar-refractivity contribution in [3.8, 4) is 11.5 Å². The number of benzene rings is 3. The van der Waals surface area contributed by atoms with Gasteiger partial charge in [-0.05, 0) is 42.5 Å². The minimum Gasteiger partial charge on any atom is -0.497 e. The predicted octanol–water partition coefficient (Wildman–Crippen LogP) is 4.51. The van der Waals surface area contributed by atoms with E-state index in [-0.39, 0.29) is 25.7 Å². The fourth-order valence-electron chi connectivity index (χ4n) is 4.24. The normalized spacial score (nSPS) is 15.4. The maximum Gasteiger partial charge on any atom is 0.281 e. The Morgan fingerprint density at radius 1 is 1.26 bits per heavy atom. The maximum absolute atomic E-state index is 14.3. The van der Waals surface area contributed by atoms with Crippen LogP contribution in [0.2, 0.25) is 0 Å². The summed E-state index contributed by atoms with van der Waals surface area (Å²) in [5.41, 5.74) is 4.07. The van der Waals surface area contributed by atoms with Gasteiger partial charge in [0.1, 0.15) is 17.3 Å². The molecule has 178 valence electrons. The van der Waals surface area contributed by atoms with E-state index in [4.69, 9.17) is 14.2 Å². The number of anilines is 2. The lowest BCUT2D eigenvalue weighted by Gasteiger charge is -2.24. The van der Waals surface area contributed by atoms with Gasteiger partial charge in [0.25, 0.3) is 5.91 Å². The molecular weight excluding hydrogens is 453 g/mol. The van der Waals surface area contributed by atoms with Gasteiger partial charge in [-0.2, -0.15) is 0 Å². The van der Waals surface area contributed by atoms with E-state index in [0.717, 1.165) is 5.56 Å². The molecule has 9 heteroatoms. The summed E-state index contributed by atoms with van der Waals surface area (Å²) in [5.74, 6) is 0.227. The van der Waals surface area contributed by atoms with Crippen molar-refractivity contribution in [2.24, 2.45) is 5.16 Å². The number of carbonyl (C=O) groups is 1. The fraction of sp³-hybridized carbons (Fsp3) is 0.154. The Labute approximate surface area is 200 Å². The minimum absolute atomic E-state index is 0.0191. The van der Waals surface area contributed by atoms with E-state index in [2.05, 4.69) is 17.1 Å². The van der Waals surface area contributed by atoms with E-state index in [1.54, 1.807) is 25.3 Å². The number of nitrogens with one attached hydrogen (secondary N) is 1. The van der Waals surface area contributed by atoms with E-state index in [9.17, 15) is 14.4 Å². The molecule has 8 nitrogen and oxygen atoms in total. The minimum atomic E-state index is -0.503. The lowest BCUT2D eigenvalue weighted by atomic mass is 10.1. The largest absolute Gasteiger partial charge is 0.497 e. The van der Waals surface area contributed by atoms with Crippen LogP contribution in [0.5, 0.6) is 11.5 Å². The number of hydrogen-bond acceptors (Lipinski definition) is 7. The van der Waals surface area contributed by atoms with Gasteiger partial charge in [0.05, 0.1) is 25.9 Å². The molecule has 0 fully saturated rings. The second-order valence-corrected chi connectivity index (χ2v) is 8.07. The number of methoxy groups -OCH3 is 1. The van der Waals surface area contributed by atoms with Crippen LogP contribution in [0.3, 0.4) is 0 Å². The molecule has 0 aliphatic carbocycles. The van der Waals surface area contributed by atoms with Crippen molar-refractivity contribution in [3.63, 3.8) is 0 Å². The van der Waals surface area contributed by atoms with E-state index in [1.807, 2.05) is 24.3 Å². The molecule has 35 heavy (non-hydrogen) atoms. The summed E-state index contributed by atoms with van der Waals surface area (Å²) in [7, 11) is 1.59. The highest BCUT2D eigenvalue weighted by atomic mass is 19.1. The molecule has 0 saturated heterocycles. The van der Waals surface area contributed by atoms with Crippen LogP contribution in [0, 0.1) is 5.82 Å². The average Bonchev–Trinajstić information content (AvgIpc) is 3.13. The third-order valence-electron chi connectivity index (χ3n) is 5.88. The van der Waals surface area contributed by atoms with Gasteiger partial charge in [-0.25, -0.2) is 4.39 Å².